The lowest BCUT2D eigenvalue weighted by Gasteiger charge is -2.15. The topological polar surface area (TPSA) is 91.7 Å². The molecule has 0 radical (unpaired) electrons. The van der Waals surface area contributed by atoms with Gasteiger partial charge in [-0.1, -0.05) is 26.0 Å². The first-order valence-corrected chi connectivity index (χ1v) is 9.84. The highest BCUT2D eigenvalue weighted by Crippen LogP contribution is 2.13. The summed E-state index contributed by atoms with van der Waals surface area (Å²) in [6.07, 6.45) is 0.0520. The van der Waals surface area contributed by atoms with Gasteiger partial charge in [-0.15, -0.1) is 0 Å². The number of hydrogen-bond donors (Lipinski definition) is 2. The van der Waals surface area contributed by atoms with Gasteiger partial charge in [-0.05, 0) is 56.3 Å². The summed E-state index contributed by atoms with van der Waals surface area (Å²) in [6.45, 7) is 10.4. The summed E-state index contributed by atoms with van der Waals surface area (Å²) < 4.78 is 5.53. The zero-order chi connectivity index (χ0) is 21.4. The smallest absolute Gasteiger partial charge is 0.305 e. The molecule has 7 nitrogen and oxygen atoms in total. The molecule has 156 valence electrons. The summed E-state index contributed by atoms with van der Waals surface area (Å²) in [4.78, 5) is 38.5. The molecule has 2 rings (SSSR count). The summed E-state index contributed by atoms with van der Waals surface area (Å²) in [5, 5.41) is 0. The van der Waals surface area contributed by atoms with E-state index in [1.165, 1.54) is 0 Å². The van der Waals surface area contributed by atoms with Gasteiger partial charge < -0.3 is 4.42 Å². The van der Waals surface area contributed by atoms with Crippen molar-refractivity contribution in [3.8, 4) is 0 Å². The molecule has 29 heavy (non-hydrogen) atoms. The molecule has 0 spiro atoms. The Morgan fingerprint density at radius 3 is 2.31 bits per heavy atom. The number of Topliss-reactive ketones (excluding diaryl/α,β-unsaturated/α-hetero) is 1. The largest absolute Gasteiger partial charge is 0.454 e. The third kappa shape index (κ3) is 6.57. The lowest BCUT2D eigenvalue weighted by Crippen LogP contribution is -2.41. The van der Waals surface area contributed by atoms with E-state index in [-0.39, 0.29) is 24.4 Å². The summed E-state index contributed by atoms with van der Waals surface area (Å²) in [5.74, 6) is -0.278. The van der Waals surface area contributed by atoms with Crippen molar-refractivity contribution >= 4 is 17.6 Å². The molecular weight excluding hydrogens is 370 g/mol. The number of hydrazine groups is 1. The van der Waals surface area contributed by atoms with Gasteiger partial charge in [0.1, 0.15) is 5.76 Å². The van der Waals surface area contributed by atoms with Gasteiger partial charge in [-0.2, -0.15) is 0 Å². The van der Waals surface area contributed by atoms with Crippen LogP contribution in [0.1, 0.15) is 64.5 Å². The van der Waals surface area contributed by atoms with Crippen LogP contribution in [0, 0.1) is 13.8 Å². The second-order valence-electron chi connectivity index (χ2n) is 6.95. The summed E-state index contributed by atoms with van der Waals surface area (Å²) in [6, 6.07) is 8.79. The molecule has 2 amide bonds. The number of carbonyl (C=O) groups is 3. The maximum atomic E-state index is 12.2. The lowest BCUT2D eigenvalue weighted by atomic mass is 10.0. The number of furan rings is 1. The van der Waals surface area contributed by atoms with Gasteiger partial charge in [0.2, 0.25) is 5.91 Å². The van der Waals surface area contributed by atoms with Crippen LogP contribution in [0.25, 0.3) is 0 Å². The van der Waals surface area contributed by atoms with Crippen LogP contribution in [0.15, 0.2) is 34.7 Å². The van der Waals surface area contributed by atoms with E-state index in [2.05, 4.69) is 29.6 Å². The van der Waals surface area contributed by atoms with Crippen LogP contribution in [0.3, 0.4) is 0 Å². The van der Waals surface area contributed by atoms with Gasteiger partial charge in [0.05, 0.1) is 6.54 Å². The zero-order valence-electron chi connectivity index (χ0n) is 17.5. The van der Waals surface area contributed by atoms with E-state index in [9.17, 15) is 14.4 Å². The molecule has 0 aliphatic rings. The zero-order valence-corrected chi connectivity index (χ0v) is 17.5. The summed E-state index contributed by atoms with van der Waals surface area (Å²) in [7, 11) is 0. The Balaban J connectivity index is 1.78. The molecule has 0 atom stereocenters. The van der Waals surface area contributed by atoms with Crippen molar-refractivity contribution < 1.29 is 18.8 Å². The Kier molecular flexibility index (Phi) is 8.15. The Bertz CT molecular complexity index is 869. The number of hydrogen-bond acceptors (Lipinski definition) is 5. The molecule has 0 aliphatic carbocycles. The number of nitrogens with one attached hydrogen (secondary N) is 2. The van der Waals surface area contributed by atoms with Crippen LogP contribution in [-0.4, -0.2) is 35.6 Å². The fourth-order valence-corrected chi connectivity index (χ4v) is 2.79. The second-order valence-corrected chi connectivity index (χ2v) is 6.95. The molecular formula is C22H29N3O4. The van der Waals surface area contributed by atoms with E-state index in [0.717, 1.165) is 24.2 Å². The Labute approximate surface area is 171 Å². The molecule has 2 aromatic rings. The van der Waals surface area contributed by atoms with Crippen LogP contribution in [-0.2, 0) is 11.3 Å². The molecule has 0 saturated carbocycles. The standard InChI is InChI=1S/C22H29N3O4/c1-5-25(6-2)14-18-9-11-20(29-18)22(28)24-23-21(27)12-10-19(26)17-8-7-15(3)16(4)13-17/h7-9,11,13H,5-6,10,12,14H2,1-4H3,(H,23,27)(H,24,28). The molecule has 1 aromatic carbocycles. The van der Waals surface area contributed by atoms with E-state index in [4.69, 9.17) is 4.42 Å². The van der Waals surface area contributed by atoms with Gasteiger partial charge >= 0.3 is 5.91 Å². The Morgan fingerprint density at radius 2 is 1.66 bits per heavy atom. The molecule has 1 heterocycles. The second kappa shape index (κ2) is 10.6. The van der Waals surface area contributed by atoms with Crippen LogP contribution in [0.5, 0.6) is 0 Å². The molecule has 1 aromatic heterocycles. The third-order valence-corrected chi connectivity index (χ3v) is 4.88. The van der Waals surface area contributed by atoms with Gasteiger partial charge in [0.15, 0.2) is 11.5 Å². The molecule has 0 fully saturated rings. The monoisotopic (exact) mass is 399 g/mol. The van der Waals surface area contributed by atoms with E-state index < -0.39 is 11.8 Å². The number of carbonyl (C=O) groups excluding carboxylic acids is 3. The summed E-state index contributed by atoms with van der Waals surface area (Å²) in [5.41, 5.74) is 7.37. The molecule has 0 unspecified atom stereocenters. The van der Waals surface area contributed by atoms with Crippen molar-refractivity contribution in [3.63, 3.8) is 0 Å². The predicted octanol–water partition coefficient (Wildman–Crippen LogP) is 3.16. The number of rotatable bonds is 9. The first-order chi connectivity index (χ1) is 13.8. The summed E-state index contributed by atoms with van der Waals surface area (Å²) >= 11 is 0. The number of benzene rings is 1. The molecule has 0 bridgehead atoms. The van der Waals surface area contributed by atoms with Crippen LogP contribution in [0.4, 0.5) is 0 Å². The van der Waals surface area contributed by atoms with Gasteiger partial charge in [0, 0.05) is 18.4 Å². The predicted molar refractivity (Wildman–Crippen MR) is 110 cm³/mol. The van der Waals surface area contributed by atoms with Crippen molar-refractivity contribution in [2.45, 2.75) is 47.1 Å². The number of nitrogens with zero attached hydrogens (tertiary/aromatic N) is 1. The van der Waals surface area contributed by atoms with Gasteiger partial charge in [-0.25, -0.2) is 0 Å². The van der Waals surface area contributed by atoms with Crippen molar-refractivity contribution in [3.05, 3.63) is 58.5 Å². The van der Waals surface area contributed by atoms with Crippen molar-refractivity contribution in [2.75, 3.05) is 13.1 Å². The number of aryl methyl sites for hydroxylation is 2. The lowest BCUT2D eigenvalue weighted by molar-refractivity contribution is -0.121. The fraction of sp³-hybridized carbons (Fsp3) is 0.409. The first-order valence-electron chi connectivity index (χ1n) is 9.84. The minimum atomic E-state index is -0.537. The SMILES string of the molecule is CCN(CC)Cc1ccc(C(=O)NNC(=O)CCC(=O)c2ccc(C)c(C)c2)o1. The highest BCUT2D eigenvalue weighted by molar-refractivity contribution is 5.98. The third-order valence-electron chi connectivity index (χ3n) is 4.88. The van der Waals surface area contributed by atoms with E-state index in [1.807, 2.05) is 26.0 Å². The highest BCUT2D eigenvalue weighted by Gasteiger charge is 2.14. The minimum Gasteiger partial charge on any atom is -0.454 e. The Hall–Kier alpha value is -2.93. The van der Waals surface area contributed by atoms with Crippen LogP contribution in [0.2, 0.25) is 0 Å². The fourth-order valence-electron chi connectivity index (χ4n) is 2.79. The molecule has 0 aliphatic heterocycles. The first kappa shape index (κ1) is 22.4. The molecule has 0 saturated heterocycles. The van der Waals surface area contributed by atoms with Gasteiger partial charge in [0.25, 0.3) is 0 Å². The van der Waals surface area contributed by atoms with E-state index in [1.54, 1.807) is 18.2 Å². The van der Waals surface area contributed by atoms with E-state index >= 15 is 0 Å². The average Bonchev–Trinajstić information content (AvgIpc) is 3.19. The Morgan fingerprint density at radius 1 is 0.931 bits per heavy atom. The van der Waals surface area contributed by atoms with Crippen molar-refractivity contribution in [1.29, 1.82) is 0 Å². The normalized spacial score (nSPS) is 10.8. The maximum Gasteiger partial charge on any atom is 0.305 e. The minimum absolute atomic E-state index is 0.0165. The molecule has 2 N–H and O–H groups in total. The highest BCUT2D eigenvalue weighted by atomic mass is 16.4. The average molecular weight is 399 g/mol. The van der Waals surface area contributed by atoms with Crippen molar-refractivity contribution in [1.82, 2.24) is 15.8 Å². The van der Waals surface area contributed by atoms with Crippen molar-refractivity contribution in [2.24, 2.45) is 0 Å². The van der Waals surface area contributed by atoms with Crippen LogP contribution < -0.4 is 10.9 Å². The van der Waals surface area contributed by atoms with Crippen LogP contribution >= 0.6 is 0 Å². The van der Waals surface area contributed by atoms with E-state index in [0.29, 0.717) is 17.9 Å². The quantitative estimate of drug-likeness (QED) is 0.499. The number of ketones is 1. The maximum absolute atomic E-state index is 12.2. The van der Waals surface area contributed by atoms with Gasteiger partial charge in [-0.3, -0.25) is 30.1 Å². The number of amides is 2. The molecule has 7 heteroatoms.